The summed E-state index contributed by atoms with van der Waals surface area (Å²) in [6.07, 6.45) is 0. The monoisotopic (exact) mass is 296 g/mol. The van der Waals surface area contributed by atoms with Gasteiger partial charge in [0.1, 0.15) is 17.5 Å². The number of rotatable bonds is 4. The number of benzene rings is 1. The van der Waals surface area contributed by atoms with Gasteiger partial charge in [-0.25, -0.2) is 9.37 Å². The van der Waals surface area contributed by atoms with Gasteiger partial charge in [-0.15, -0.1) is 0 Å². The normalized spacial score (nSPS) is 10.2. The van der Waals surface area contributed by atoms with Gasteiger partial charge in [0, 0.05) is 12.7 Å². The summed E-state index contributed by atoms with van der Waals surface area (Å²) >= 11 is 5.66. The molecule has 0 unspecified atom stereocenters. The summed E-state index contributed by atoms with van der Waals surface area (Å²) in [6, 6.07) is 6.61. The topological polar surface area (TPSA) is 80.1 Å². The first-order valence-corrected chi connectivity index (χ1v) is 5.93. The third-order valence-electron chi connectivity index (χ3n) is 2.47. The molecule has 20 heavy (non-hydrogen) atoms. The Hall–Kier alpha value is -2.41. The van der Waals surface area contributed by atoms with E-state index in [1.54, 1.807) is 7.05 Å². The summed E-state index contributed by atoms with van der Waals surface area (Å²) in [4.78, 5) is 14.4. The van der Waals surface area contributed by atoms with Crippen molar-refractivity contribution in [2.24, 2.45) is 0 Å². The molecule has 0 fully saturated rings. The van der Waals surface area contributed by atoms with Crippen molar-refractivity contribution in [1.29, 1.82) is 0 Å². The van der Waals surface area contributed by atoms with Crippen molar-refractivity contribution < 1.29 is 9.31 Å². The maximum Gasteiger partial charge on any atom is 0.276 e. The molecule has 1 aromatic carbocycles. The number of aromatic nitrogens is 1. The van der Waals surface area contributed by atoms with Crippen molar-refractivity contribution >= 4 is 34.6 Å². The van der Waals surface area contributed by atoms with Gasteiger partial charge in [-0.2, -0.15) is 0 Å². The predicted molar refractivity (Wildman–Crippen MR) is 75.1 cm³/mol. The van der Waals surface area contributed by atoms with Crippen molar-refractivity contribution in [2.45, 2.75) is 0 Å². The maximum atomic E-state index is 13.1. The molecule has 0 radical (unpaired) electrons. The van der Waals surface area contributed by atoms with Gasteiger partial charge in [0.05, 0.1) is 22.1 Å². The SMILES string of the molecule is CNc1cc([N+](=O)[O-])cc(Nc2ccc(F)c(Cl)c2)n1. The van der Waals surface area contributed by atoms with E-state index in [4.69, 9.17) is 11.6 Å². The molecule has 2 N–H and O–H groups in total. The van der Waals surface area contributed by atoms with E-state index in [1.165, 1.54) is 30.3 Å². The molecule has 8 heteroatoms. The van der Waals surface area contributed by atoms with Gasteiger partial charge in [0.15, 0.2) is 0 Å². The molecule has 0 atom stereocenters. The second kappa shape index (κ2) is 5.70. The number of anilines is 3. The van der Waals surface area contributed by atoms with Crippen LogP contribution in [0.2, 0.25) is 5.02 Å². The van der Waals surface area contributed by atoms with Crippen molar-refractivity contribution in [3.05, 3.63) is 51.3 Å². The van der Waals surface area contributed by atoms with Crippen LogP contribution in [0.5, 0.6) is 0 Å². The minimum absolute atomic E-state index is 0.0470. The summed E-state index contributed by atoms with van der Waals surface area (Å²) in [5.41, 5.74) is 0.367. The van der Waals surface area contributed by atoms with Crippen LogP contribution < -0.4 is 10.6 Å². The fraction of sp³-hybridized carbons (Fsp3) is 0.0833. The quantitative estimate of drug-likeness (QED) is 0.666. The number of hydrogen-bond donors (Lipinski definition) is 2. The molecule has 0 amide bonds. The van der Waals surface area contributed by atoms with Crippen LogP contribution in [-0.4, -0.2) is 17.0 Å². The fourth-order valence-electron chi connectivity index (χ4n) is 1.54. The van der Waals surface area contributed by atoms with Crippen molar-refractivity contribution in [3.8, 4) is 0 Å². The zero-order valence-corrected chi connectivity index (χ0v) is 11.1. The maximum absolute atomic E-state index is 13.1. The molecule has 6 nitrogen and oxygen atoms in total. The van der Waals surface area contributed by atoms with E-state index in [0.717, 1.165) is 0 Å². The Bertz CT molecular complexity index is 666. The average molecular weight is 297 g/mol. The highest BCUT2D eigenvalue weighted by molar-refractivity contribution is 6.31. The molecule has 104 valence electrons. The van der Waals surface area contributed by atoms with Crippen molar-refractivity contribution in [1.82, 2.24) is 4.98 Å². The molecule has 0 aliphatic carbocycles. The summed E-state index contributed by atoms with van der Waals surface area (Å²) < 4.78 is 13.1. The van der Waals surface area contributed by atoms with E-state index in [-0.39, 0.29) is 16.5 Å². The number of halogens is 2. The van der Waals surface area contributed by atoms with Crippen LogP contribution in [0, 0.1) is 15.9 Å². The van der Waals surface area contributed by atoms with E-state index < -0.39 is 10.7 Å². The number of nitrogens with zero attached hydrogens (tertiary/aromatic N) is 2. The Labute approximate surface area is 118 Å². The summed E-state index contributed by atoms with van der Waals surface area (Å²) in [5.74, 6) is 0.0567. The molecule has 0 spiro atoms. The average Bonchev–Trinajstić information content (AvgIpc) is 2.42. The van der Waals surface area contributed by atoms with Gasteiger partial charge in [-0.3, -0.25) is 10.1 Å². The van der Waals surface area contributed by atoms with Crippen LogP contribution in [0.1, 0.15) is 0 Å². The molecule has 0 saturated heterocycles. The highest BCUT2D eigenvalue weighted by Gasteiger charge is 2.11. The third-order valence-corrected chi connectivity index (χ3v) is 2.76. The van der Waals surface area contributed by atoms with E-state index >= 15 is 0 Å². The smallest absolute Gasteiger partial charge is 0.276 e. The standard InChI is InChI=1S/C12H10ClFN4O2/c1-15-11-5-8(18(19)20)6-12(17-11)16-7-2-3-10(14)9(13)4-7/h2-6H,1H3,(H2,15,16,17). The molecule has 1 heterocycles. The first-order chi connectivity index (χ1) is 9.49. The lowest BCUT2D eigenvalue weighted by molar-refractivity contribution is -0.384. The zero-order chi connectivity index (χ0) is 14.7. The van der Waals surface area contributed by atoms with Gasteiger partial charge in [-0.05, 0) is 18.2 Å². The summed E-state index contributed by atoms with van der Waals surface area (Å²) in [6.45, 7) is 0. The van der Waals surface area contributed by atoms with E-state index in [0.29, 0.717) is 11.5 Å². The van der Waals surface area contributed by atoms with Crippen molar-refractivity contribution in [3.63, 3.8) is 0 Å². The molecular weight excluding hydrogens is 287 g/mol. The first-order valence-electron chi connectivity index (χ1n) is 5.56. The lowest BCUT2D eigenvalue weighted by Gasteiger charge is -2.08. The fourth-order valence-corrected chi connectivity index (χ4v) is 1.72. The van der Waals surface area contributed by atoms with Crippen LogP contribution in [0.4, 0.5) is 27.4 Å². The van der Waals surface area contributed by atoms with Crippen LogP contribution in [0.15, 0.2) is 30.3 Å². The number of nitro groups is 1. The second-order valence-electron chi connectivity index (χ2n) is 3.86. The summed E-state index contributed by atoms with van der Waals surface area (Å²) in [7, 11) is 1.60. The molecule has 0 saturated carbocycles. The van der Waals surface area contributed by atoms with Gasteiger partial charge in [0.2, 0.25) is 0 Å². The number of nitrogens with one attached hydrogen (secondary N) is 2. The minimum atomic E-state index is -0.542. The highest BCUT2D eigenvalue weighted by atomic mass is 35.5. The second-order valence-corrected chi connectivity index (χ2v) is 4.26. The largest absolute Gasteiger partial charge is 0.373 e. The predicted octanol–water partition coefficient (Wildman–Crippen LogP) is 3.57. The Morgan fingerprint density at radius 3 is 2.60 bits per heavy atom. The van der Waals surface area contributed by atoms with Gasteiger partial charge in [-0.1, -0.05) is 11.6 Å². The Morgan fingerprint density at radius 1 is 1.30 bits per heavy atom. The van der Waals surface area contributed by atoms with Crippen LogP contribution in [0.3, 0.4) is 0 Å². The Kier molecular flexibility index (Phi) is 3.99. The molecule has 2 rings (SSSR count). The highest BCUT2D eigenvalue weighted by Crippen LogP contribution is 2.25. The van der Waals surface area contributed by atoms with Crippen molar-refractivity contribution in [2.75, 3.05) is 17.7 Å². The van der Waals surface area contributed by atoms with E-state index in [1.807, 2.05) is 0 Å². The van der Waals surface area contributed by atoms with Crippen LogP contribution in [-0.2, 0) is 0 Å². The van der Waals surface area contributed by atoms with Gasteiger partial charge >= 0.3 is 0 Å². The third kappa shape index (κ3) is 3.12. The summed E-state index contributed by atoms with van der Waals surface area (Å²) in [5, 5.41) is 16.3. The minimum Gasteiger partial charge on any atom is -0.373 e. The van der Waals surface area contributed by atoms with Gasteiger partial charge in [0.25, 0.3) is 5.69 Å². The van der Waals surface area contributed by atoms with E-state index in [9.17, 15) is 14.5 Å². The molecule has 1 aromatic heterocycles. The van der Waals surface area contributed by atoms with Crippen LogP contribution in [0.25, 0.3) is 0 Å². The molecule has 2 aromatic rings. The molecule has 0 aliphatic heterocycles. The Balaban J connectivity index is 2.34. The zero-order valence-electron chi connectivity index (χ0n) is 10.4. The molecule has 0 aliphatic rings. The first kappa shape index (κ1) is 14.0. The Morgan fingerprint density at radius 2 is 2.00 bits per heavy atom. The number of pyridine rings is 1. The number of hydrogen-bond acceptors (Lipinski definition) is 5. The molecular formula is C12H10ClFN4O2. The molecule has 0 bridgehead atoms. The van der Waals surface area contributed by atoms with Gasteiger partial charge < -0.3 is 10.6 Å². The lowest BCUT2D eigenvalue weighted by Crippen LogP contribution is -2.00. The van der Waals surface area contributed by atoms with Crippen LogP contribution >= 0.6 is 11.6 Å². The lowest BCUT2D eigenvalue weighted by atomic mass is 10.3. The van der Waals surface area contributed by atoms with E-state index in [2.05, 4.69) is 15.6 Å².